The van der Waals surface area contributed by atoms with E-state index in [-0.39, 0.29) is 5.91 Å². The summed E-state index contributed by atoms with van der Waals surface area (Å²) in [6, 6.07) is 11.5. The van der Waals surface area contributed by atoms with Crippen LogP contribution in [0, 0.1) is 0 Å². The van der Waals surface area contributed by atoms with E-state index in [1.165, 1.54) is 7.11 Å². The van der Waals surface area contributed by atoms with Gasteiger partial charge in [-0.05, 0) is 58.4 Å². The number of rotatable bonds is 4. The molecule has 0 spiro atoms. The van der Waals surface area contributed by atoms with Crippen LogP contribution in [0.15, 0.2) is 46.9 Å². The largest absolute Gasteiger partial charge is 0.496 e. The van der Waals surface area contributed by atoms with Crippen molar-refractivity contribution in [3.05, 3.63) is 58.1 Å². The van der Waals surface area contributed by atoms with Crippen LogP contribution in [-0.2, 0) is 4.74 Å². The maximum atomic E-state index is 12.2. The molecule has 0 saturated heterocycles. The Balaban J connectivity index is 2.11. The summed E-state index contributed by atoms with van der Waals surface area (Å²) in [5.41, 5.74) is 1.50. The van der Waals surface area contributed by atoms with E-state index in [4.69, 9.17) is 4.74 Å². The van der Waals surface area contributed by atoms with Gasteiger partial charge in [0.25, 0.3) is 5.91 Å². The second kappa shape index (κ2) is 7.09. The first-order valence-corrected chi connectivity index (χ1v) is 7.17. The minimum Gasteiger partial charge on any atom is -0.496 e. The van der Waals surface area contributed by atoms with Crippen molar-refractivity contribution in [2.75, 3.05) is 19.5 Å². The van der Waals surface area contributed by atoms with Crippen molar-refractivity contribution in [2.45, 2.75) is 0 Å². The zero-order valence-electron chi connectivity index (χ0n) is 12.1. The molecular formula is C16H14BrNO4. The van der Waals surface area contributed by atoms with E-state index in [0.717, 1.165) is 0 Å². The van der Waals surface area contributed by atoms with Gasteiger partial charge in [-0.1, -0.05) is 0 Å². The summed E-state index contributed by atoms with van der Waals surface area (Å²) >= 11 is 3.34. The predicted octanol–water partition coefficient (Wildman–Crippen LogP) is 3.50. The number of hydrogen-bond acceptors (Lipinski definition) is 4. The van der Waals surface area contributed by atoms with Gasteiger partial charge in [-0.2, -0.15) is 0 Å². The van der Waals surface area contributed by atoms with E-state index >= 15 is 0 Å². The highest BCUT2D eigenvalue weighted by molar-refractivity contribution is 9.10. The fraction of sp³-hybridized carbons (Fsp3) is 0.125. The number of nitrogens with one attached hydrogen (secondary N) is 1. The molecule has 0 radical (unpaired) electrons. The molecule has 0 aliphatic carbocycles. The fourth-order valence-corrected chi connectivity index (χ4v) is 2.36. The van der Waals surface area contributed by atoms with Gasteiger partial charge >= 0.3 is 5.97 Å². The molecule has 0 aromatic heterocycles. The first-order valence-electron chi connectivity index (χ1n) is 6.38. The smallest absolute Gasteiger partial charge is 0.337 e. The van der Waals surface area contributed by atoms with Crippen molar-refractivity contribution in [3.8, 4) is 5.75 Å². The highest BCUT2D eigenvalue weighted by Crippen LogP contribution is 2.25. The normalized spacial score (nSPS) is 9.95. The number of hydrogen-bond donors (Lipinski definition) is 1. The minimum atomic E-state index is -0.419. The number of esters is 1. The molecule has 2 rings (SSSR count). The number of ether oxygens (including phenoxy) is 2. The quantitative estimate of drug-likeness (QED) is 0.844. The van der Waals surface area contributed by atoms with Gasteiger partial charge in [0.1, 0.15) is 5.75 Å². The molecule has 0 aliphatic rings. The van der Waals surface area contributed by atoms with E-state index in [9.17, 15) is 9.59 Å². The van der Waals surface area contributed by atoms with Crippen molar-refractivity contribution in [2.24, 2.45) is 0 Å². The summed E-state index contributed by atoms with van der Waals surface area (Å²) in [5.74, 6) is -0.0230. The Labute approximate surface area is 136 Å². The van der Waals surface area contributed by atoms with Gasteiger partial charge in [0.15, 0.2) is 0 Å². The maximum Gasteiger partial charge on any atom is 0.337 e. The molecule has 5 nitrogen and oxygen atoms in total. The van der Waals surface area contributed by atoms with Crippen LogP contribution in [0.2, 0.25) is 0 Å². The maximum absolute atomic E-state index is 12.2. The van der Waals surface area contributed by atoms with E-state index in [2.05, 4.69) is 26.0 Å². The first kappa shape index (κ1) is 16.0. The average Bonchev–Trinajstić information content (AvgIpc) is 2.54. The Morgan fingerprint density at radius 2 is 1.64 bits per heavy atom. The molecule has 2 aromatic rings. The molecule has 0 fully saturated rings. The molecular weight excluding hydrogens is 350 g/mol. The Morgan fingerprint density at radius 1 is 1.00 bits per heavy atom. The van der Waals surface area contributed by atoms with E-state index < -0.39 is 5.97 Å². The van der Waals surface area contributed by atoms with Crippen molar-refractivity contribution in [3.63, 3.8) is 0 Å². The van der Waals surface area contributed by atoms with Crippen molar-refractivity contribution < 1.29 is 19.1 Å². The van der Waals surface area contributed by atoms with Gasteiger partial charge in [0, 0.05) is 11.3 Å². The number of benzene rings is 2. The van der Waals surface area contributed by atoms with E-state index in [1.807, 2.05) is 0 Å². The van der Waals surface area contributed by atoms with Gasteiger partial charge in [0.05, 0.1) is 24.3 Å². The van der Waals surface area contributed by atoms with Crippen LogP contribution in [0.4, 0.5) is 5.69 Å². The number of methoxy groups -OCH3 is 2. The minimum absolute atomic E-state index is 0.255. The Morgan fingerprint density at radius 3 is 2.18 bits per heavy atom. The molecule has 0 bridgehead atoms. The lowest BCUT2D eigenvalue weighted by Gasteiger charge is -2.08. The molecule has 0 heterocycles. The highest BCUT2D eigenvalue weighted by atomic mass is 79.9. The molecule has 114 valence electrons. The topological polar surface area (TPSA) is 64.6 Å². The van der Waals surface area contributed by atoms with Crippen LogP contribution in [0.3, 0.4) is 0 Å². The number of anilines is 1. The van der Waals surface area contributed by atoms with Gasteiger partial charge in [-0.15, -0.1) is 0 Å². The highest BCUT2D eigenvalue weighted by Gasteiger charge is 2.10. The number of carbonyl (C=O) groups is 2. The van der Waals surface area contributed by atoms with Crippen LogP contribution in [0.25, 0.3) is 0 Å². The lowest BCUT2D eigenvalue weighted by molar-refractivity contribution is 0.0600. The predicted molar refractivity (Wildman–Crippen MR) is 86.4 cm³/mol. The number of amides is 1. The SMILES string of the molecule is COC(=O)c1ccc(NC(=O)c2ccc(OC)c(Br)c2)cc1. The summed E-state index contributed by atoms with van der Waals surface area (Å²) in [7, 11) is 2.88. The fourth-order valence-electron chi connectivity index (χ4n) is 1.82. The summed E-state index contributed by atoms with van der Waals surface area (Å²) in [5, 5.41) is 2.75. The summed E-state index contributed by atoms with van der Waals surface area (Å²) in [6.07, 6.45) is 0. The van der Waals surface area contributed by atoms with E-state index in [0.29, 0.717) is 27.0 Å². The Kier molecular flexibility index (Phi) is 5.16. The monoisotopic (exact) mass is 363 g/mol. The molecule has 0 unspecified atom stereocenters. The summed E-state index contributed by atoms with van der Waals surface area (Å²) in [4.78, 5) is 23.5. The molecule has 0 aliphatic heterocycles. The van der Waals surface area contributed by atoms with Crippen LogP contribution < -0.4 is 10.1 Å². The number of carbonyl (C=O) groups excluding carboxylic acids is 2. The number of halogens is 1. The molecule has 1 N–H and O–H groups in total. The van der Waals surface area contributed by atoms with Gasteiger partial charge in [-0.25, -0.2) is 4.79 Å². The molecule has 22 heavy (non-hydrogen) atoms. The molecule has 6 heteroatoms. The van der Waals surface area contributed by atoms with Crippen molar-refractivity contribution in [1.29, 1.82) is 0 Å². The zero-order chi connectivity index (χ0) is 16.1. The average molecular weight is 364 g/mol. The Bertz CT molecular complexity index is 698. The third-order valence-corrected chi connectivity index (χ3v) is 3.60. The molecule has 0 atom stereocenters. The molecule has 1 amide bonds. The van der Waals surface area contributed by atoms with Crippen LogP contribution in [-0.4, -0.2) is 26.1 Å². The lowest BCUT2D eigenvalue weighted by Crippen LogP contribution is -2.12. The zero-order valence-corrected chi connectivity index (χ0v) is 13.6. The van der Waals surface area contributed by atoms with E-state index in [1.54, 1.807) is 49.6 Å². The van der Waals surface area contributed by atoms with Crippen molar-refractivity contribution in [1.82, 2.24) is 0 Å². The van der Waals surface area contributed by atoms with Gasteiger partial charge < -0.3 is 14.8 Å². The summed E-state index contributed by atoms with van der Waals surface area (Å²) in [6.45, 7) is 0. The van der Waals surface area contributed by atoms with Crippen LogP contribution >= 0.6 is 15.9 Å². The summed E-state index contributed by atoms with van der Waals surface area (Å²) < 4.78 is 10.4. The third-order valence-electron chi connectivity index (χ3n) is 2.98. The first-order chi connectivity index (χ1) is 10.5. The second-order valence-electron chi connectivity index (χ2n) is 4.37. The molecule has 0 saturated carbocycles. The third kappa shape index (κ3) is 3.65. The lowest BCUT2D eigenvalue weighted by atomic mass is 10.1. The van der Waals surface area contributed by atoms with Crippen molar-refractivity contribution >= 4 is 33.5 Å². The van der Waals surface area contributed by atoms with Crippen LogP contribution in [0.5, 0.6) is 5.75 Å². The standard InChI is InChI=1S/C16H14BrNO4/c1-21-14-8-5-11(9-13(14)17)15(19)18-12-6-3-10(4-7-12)16(20)22-2/h3-9H,1-2H3,(H,18,19). The van der Waals surface area contributed by atoms with Gasteiger partial charge in [-0.3, -0.25) is 4.79 Å². The van der Waals surface area contributed by atoms with Crippen LogP contribution in [0.1, 0.15) is 20.7 Å². The van der Waals surface area contributed by atoms with Gasteiger partial charge in [0.2, 0.25) is 0 Å². The molecule has 2 aromatic carbocycles. The Hall–Kier alpha value is -2.34. The second-order valence-corrected chi connectivity index (χ2v) is 5.23.